The molecule has 0 radical (unpaired) electrons. The first-order valence-corrected chi connectivity index (χ1v) is 7.55. The third-order valence-electron chi connectivity index (χ3n) is 2.91. The number of aryl methyl sites for hydroxylation is 1. The maximum Gasteiger partial charge on any atom is 0.301 e. The number of ether oxygens (including phenoxy) is 1. The summed E-state index contributed by atoms with van der Waals surface area (Å²) in [6, 6.07) is 1.87. The third-order valence-corrected chi connectivity index (χ3v) is 3.76. The number of anilines is 1. The monoisotopic (exact) mass is 319 g/mol. The van der Waals surface area contributed by atoms with Gasteiger partial charge in [0.25, 0.3) is 0 Å². The number of hydrogen-bond acceptors (Lipinski definition) is 5. The van der Waals surface area contributed by atoms with Gasteiger partial charge in [-0.05, 0) is 6.92 Å². The average molecular weight is 319 g/mol. The highest BCUT2D eigenvalue weighted by molar-refractivity contribution is 7.99. The van der Waals surface area contributed by atoms with Crippen LogP contribution in [0, 0.1) is 6.92 Å². The van der Waals surface area contributed by atoms with E-state index in [1.165, 1.54) is 11.8 Å². The van der Waals surface area contributed by atoms with Crippen LogP contribution in [0.15, 0.2) is 23.1 Å². The van der Waals surface area contributed by atoms with E-state index in [9.17, 15) is 13.2 Å². The molecule has 0 spiro atoms. The number of morpholine rings is 1. The Hall–Kier alpha value is -1.28. The van der Waals surface area contributed by atoms with Crippen LogP contribution in [0.5, 0.6) is 0 Å². The van der Waals surface area contributed by atoms with Gasteiger partial charge in [0, 0.05) is 37.0 Å². The largest absolute Gasteiger partial charge is 0.378 e. The summed E-state index contributed by atoms with van der Waals surface area (Å²) in [6.07, 6.45) is -2.58. The fourth-order valence-corrected chi connectivity index (χ4v) is 2.70. The summed E-state index contributed by atoms with van der Waals surface area (Å²) in [5.74, 6) is -0.403. The molecule has 1 aromatic rings. The first-order chi connectivity index (χ1) is 10.1. The zero-order valence-corrected chi connectivity index (χ0v) is 12.4. The molecule has 0 unspecified atom stereocenters. The van der Waals surface area contributed by atoms with Crippen LogP contribution in [0.3, 0.4) is 0 Å². The van der Waals surface area contributed by atoms with Crippen molar-refractivity contribution in [3.05, 3.63) is 23.7 Å². The Morgan fingerprint density at radius 2 is 2.00 bits per heavy atom. The van der Waals surface area contributed by atoms with Gasteiger partial charge in [-0.15, -0.1) is 0 Å². The van der Waals surface area contributed by atoms with Gasteiger partial charge in [0.15, 0.2) is 11.0 Å². The number of nitrogens with zero attached hydrogens (tertiary/aromatic N) is 3. The smallest absolute Gasteiger partial charge is 0.301 e. The Balaban J connectivity index is 1.99. The molecule has 2 heterocycles. The number of allylic oxidation sites excluding steroid dienone is 1. The first-order valence-electron chi connectivity index (χ1n) is 6.57. The molecule has 4 nitrogen and oxygen atoms in total. The van der Waals surface area contributed by atoms with E-state index < -0.39 is 11.9 Å². The lowest BCUT2D eigenvalue weighted by molar-refractivity contribution is 0.122. The van der Waals surface area contributed by atoms with Crippen LogP contribution in [0.1, 0.15) is 12.1 Å². The normalized spacial score (nSPS) is 15.1. The van der Waals surface area contributed by atoms with Gasteiger partial charge in [-0.25, -0.2) is 14.4 Å². The van der Waals surface area contributed by atoms with Gasteiger partial charge >= 0.3 is 6.08 Å². The number of halogens is 3. The predicted molar refractivity (Wildman–Crippen MR) is 75.5 cm³/mol. The molecular weight excluding hydrogens is 303 g/mol. The van der Waals surface area contributed by atoms with E-state index in [0.717, 1.165) is 24.6 Å². The number of aromatic nitrogens is 2. The summed E-state index contributed by atoms with van der Waals surface area (Å²) < 4.78 is 42.0. The summed E-state index contributed by atoms with van der Waals surface area (Å²) in [5, 5.41) is 0.476. The van der Waals surface area contributed by atoms with E-state index in [2.05, 4.69) is 14.9 Å². The van der Waals surface area contributed by atoms with Gasteiger partial charge < -0.3 is 9.64 Å². The van der Waals surface area contributed by atoms with Crippen molar-refractivity contribution in [2.45, 2.75) is 18.5 Å². The molecule has 1 aromatic heterocycles. The standard InChI is InChI=1S/C13H16F3N3OS/c1-9-8-11(19-3-5-20-6-4-19)18-13(17-9)21-7-2-10(14)12(15)16/h8H,2-7H2,1H3. The molecule has 0 amide bonds. The highest BCUT2D eigenvalue weighted by Crippen LogP contribution is 2.23. The molecule has 0 atom stereocenters. The van der Waals surface area contributed by atoms with E-state index >= 15 is 0 Å². The molecule has 1 fully saturated rings. The molecule has 116 valence electrons. The second-order valence-electron chi connectivity index (χ2n) is 4.51. The molecule has 0 aliphatic carbocycles. The molecule has 0 saturated carbocycles. The van der Waals surface area contributed by atoms with Gasteiger partial charge in [0.1, 0.15) is 5.82 Å². The van der Waals surface area contributed by atoms with Crippen molar-refractivity contribution in [1.29, 1.82) is 0 Å². The van der Waals surface area contributed by atoms with E-state index in [0.29, 0.717) is 18.4 Å². The minimum Gasteiger partial charge on any atom is -0.378 e. The quantitative estimate of drug-likeness (QED) is 0.615. The zero-order valence-electron chi connectivity index (χ0n) is 11.6. The number of rotatable bonds is 5. The third kappa shape index (κ3) is 4.89. The Morgan fingerprint density at radius 1 is 1.29 bits per heavy atom. The predicted octanol–water partition coefficient (Wildman–Crippen LogP) is 3.18. The molecule has 0 bridgehead atoms. The Kier molecular flexibility index (Phi) is 5.86. The Bertz CT molecular complexity index is 517. The Labute approximate surface area is 125 Å². The lowest BCUT2D eigenvalue weighted by Gasteiger charge is -2.28. The molecular formula is C13H16F3N3OS. The van der Waals surface area contributed by atoms with E-state index in [1.54, 1.807) is 0 Å². The van der Waals surface area contributed by atoms with Crippen molar-refractivity contribution in [1.82, 2.24) is 9.97 Å². The summed E-state index contributed by atoms with van der Waals surface area (Å²) in [6.45, 7) is 4.65. The van der Waals surface area contributed by atoms with Crippen LogP contribution in [0.4, 0.5) is 19.0 Å². The van der Waals surface area contributed by atoms with Gasteiger partial charge in [0.05, 0.1) is 13.2 Å². The highest BCUT2D eigenvalue weighted by atomic mass is 32.2. The summed E-state index contributed by atoms with van der Waals surface area (Å²) in [4.78, 5) is 10.7. The van der Waals surface area contributed by atoms with Crippen molar-refractivity contribution >= 4 is 17.6 Å². The molecule has 2 rings (SSSR count). The fourth-order valence-electron chi connectivity index (χ4n) is 1.87. The minimum absolute atomic E-state index is 0.176. The van der Waals surface area contributed by atoms with Crippen LogP contribution in [-0.4, -0.2) is 42.0 Å². The van der Waals surface area contributed by atoms with Crippen molar-refractivity contribution in [2.24, 2.45) is 0 Å². The molecule has 1 aliphatic rings. The van der Waals surface area contributed by atoms with Crippen molar-refractivity contribution < 1.29 is 17.9 Å². The molecule has 1 aliphatic heterocycles. The first kappa shape index (κ1) is 16.1. The van der Waals surface area contributed by atoms with Gasteiger partial charge in [0.2, 0.25) is 0 Å². The van der Waals surface area contributed by atoms with Crippen LogP contribution >= 0.6 is 11.8 Å². The van der Waals surface area contributed by atoms with Crippen molar-refractivity contribution in [3.63, 3.8) is 0 Å². The highest BCUT2D eigenvalue weighted by Gasteiger charge is 2.14. The fraction of sp³-hybridized carbons (Fsp3) is 0.538. The topological polar surface area (TPSA) is 38.2 Å². The lowest BCUT2D eigenvalue weighted by Crippen LogP contribution is -2.36. The summed E-state index contributed by atoms with van der Waals surface area (Å²) in [7, 11) is 0. The molecule has 0 N–H and O–H groups in total. The van der Waals surface area contributed by atoms with Crippen molar-refractivity contribution in [3.8, 4) is 0 Å². The molecule has 1 saturated heterocycles. The van der Waals surface area contributed by atoms with E-state index in [-0.39, 0.29) is 12.2 Å². The SMILES string of the molecule is Cc1cc(N2CCOCC2)nc(SCCC(F)=C(F)F)n1. The van der Waals surface area contributed by atoms with E-state index in [1.807, 2.05) is 13.0 Å². The van der Waals surface area contributed by atoms with Gasteiger partial charge in [-0.2, -0.15) is 8.78 Å². The van der Waals surface area contributed by atoms with E-state index in [4.69, 9.17) is 4.74 Å². The van der Waals surface area contributed by atoms with Crippen LogP contribution in [0.25, 0.3) is 0 Å². The maximum atomic E-state index is 12.7. The van der Waals surface area contributed by atoms with Gasteiger partial charge in [-0.3, -0.25) is 0 Å². The minimum atomic E-state index is -2.25. The second-order valence-corrected chi connectivity index (χ2v) is 5.58. The second kappa shape index (κ2) is 7.65. The lowest BCUT2D eigenvalue weighted by atomic mass is 10.3. The zero-order chi connectivity index (χ0) is 15.2. The number of hydrogen-bond donors (Lipinski definition) is 0. The van der Waals surface area contributed by atoms with Crippen LogP contribution in [0.2, 0.25) is 0 Å². The molecule has 8 heteroatoms. The van der Waals surface area contributed by atoms with Gasteiger partial charge in [-0.1, -0.05) is 11.8 Å². The van der Waals surface area contributed by atoms with Crippen molar-refractivity contribution in [2.75, 3.05) is 37.0 Å². The summed E-state index contributed by atoms with van der Waals surface area (Å²) in [5.41, 5.74) is 0.793. The van der Waals surface area contributed by atoms with Crippen LogP contribution in [-0.2, 0) is 4.74 Å². The summed E-state index contributed by atoms with van der Waals surface area (Å²) >= 11 is 1.17. The number of thioether (sulfide) groups is 1. The average Bonchev–Trinajstić information content (AvgIpc) is 2.47. The van der Waals surface area contributed by atoms with Crippen LogP contribution < -0.4 is 4.90 Å². The maximum absolute atomic E-state index is 12.7. The molecule has 21 heavy (non-hydrogen) atoms. The molecule has 0 aromatic carbocycles. The Morgan fingerprint density at radius 3 is 2.67 bits per heavy atom.